The third-order valence-electron chi connectivity index (χ3n) is 6.01. The largest absolute Gasteiger partial charge is 0.497 e. The second-order valence-electron chi connectivity index (χ2n) is 8.33. The standard InChI is InChI=1S/C27H23Cl2N5O3/c1-15-22(26(35)31-17-8-5-4-6-9-17)24(20-10-7-11-21(28)23(20)29)34-27(30-15)32-25(33-34)16-12-18(36-2)14-19(13-16)37-3/h4-14,24H,1-3H3,(H,31,35)(H,30,32,33). The molecule has 1 aliphatic rings. The molecule has 0 saturated carbocycles. The van der Waals surface area contributed by atoms with Crippen LogP contribution in [0.2, 0.25) is 10.0 Å². The van der Waals surface area contributed by atoms with Crippen LogP contribution in [0.15, 0.2) is 78.0 Å². The van der Waals surface area contributed by atoms with Gasteiger partial charge in [-0.2, -0.15) is 4.98 Å². The van der Waals surface area contributed by atoms with E-state index in [-0.39, 0.29) is 5.91 Å². The number of ether oxygens (including phenoxy) is 2. The lowest BCUT2D eigenvalue weighted by Gasteiger charge is -2.29. The van der Waals surface area contributed by atoms with Gasteiger partial charge in [-0.3, -0.25) is 4.79 Å². The van der Waals surface area contributed by atoms with E-state index in [0.29, 0.717) is 61.4 Å². The Hall–Kier alpha value is -4.01. The molecule has 0 bridgehead atoms. The number of carbonyl (C=O) groups is 1. The number of methoxy groups -OCH3 is 2. The number of amides is 1. The van der Waals surface area contributed by atoms with Crippen LogP contribution >= 0.6 is 23.2 Å². The zero-order valence-electron chi connectivity index (χ0n) is 20.3. The van der Waals surface area contributed by atoms with Crippen molar-refractivity contribution in [3.8, 4) is 22.9 Å². The highest BCUT2D eigenvalue weighted by molar-refractivity contribution is 6.42. The zero-order valence-corrected chi connectivity index (χ0v) is 21.8. The summed E-state index contributed by atoms with van der Waals surface area (Å²) in [6.45, 7) is 1.82. The quantitative estimate of drug-likeness (QED) is 0.305. The minimum Gasteiger partial charge on any atom is -0.497 e. The molecule has 8 nitrogen and oxygen atoms in total. The molecule has 0 saturated heterocycles. The van der Waals surface area contributed by atoms with Gasteiger partial charge >= 0.3 is 0 Å². The molecule has 4 aromatic rings. The highest BCUT2D eigenvalue weighted by Crippen LogP contribution is 2.41. The summed E-state index contributed by atoms with van der Waals surface area (Å²) in [5, 5.41) is 11.7. The summed E-state index contributed by atoms with van der Waals surface area (Å²) < 4.78 is 12.5. The number of fused-ring (bicyclic) bond motifs is 1. The molecule has 37 heavy (non-hydrogen) atoms. The first kappa shape index (κ1) is 24.7. The Balaban J connectivity index is 1.65. The molecule has 1 aromatic heterocycles. The minimum atomic E-state index is -0.695. The van der Waals surface area contributed by atoms with E-state index in [9.17, 15) is 4.79 Å². The van der Waals surface area contributed by atoms with Gasteiger partial charge in [-0.05, 0) is 37.3 Å². The van der Waals surface area contributed by atoms with E-state index in [2.05, 4.69) is 10.6 Å². The van der Waals surface area contributed by atoms with E-state index in [4.69, 9.17) is 42.8 Å². The Morgan fingerprint density at radius 1 is 1.00 bits per heavy atom. The van der Waals surface area contributed by atoms with Crippen molar-refractivity contribution in [1.29, 1.82) is 0 Å². The van der Waals surface area contributed by atoms with E-state index in [1.54, 1.807) is 37.1 Å². The van der Waals surface area contributed by atoms with Gasteiger partial charge in [-0.1, -0.05) is 53.5 Å². The second kappa shape index (κ2) is 10.2. The number of allylic oxidation sites excluding steroid dienone is 1. The smallest absolute Gasteiger partial charge is 0.255 e. The number of nitrogens with one attached hydrogen (secondary N) is 2. The number of carbonyl (C=O) groups excluding carboxylic acids is 1. The lowest BCUT2D eigenvalue weighted by atomic mass is 9.95. The Bertz CT molecular complexity index is 1500. The van der Waals surface area contributed by atoms with Crippen LogP contribution in [0, 0.1) is 0 Å². The van der Waals surface area contributed by atoms with Crippen molar-refractivity contribution in [2.45, 2.75) is 13.0 Å². The maximum atomic E-state index is 13.6. The number of halogens is 2. The zero-order chi connectivity index (χ0) is 26.1. The summed E-state index contributed by atoms with van der Waals surface area (Å²) in [6, 6.07) is 19.2. The van der Waals surface area contributed by atoms with Crippen molar-refractivity contribution in [3.05, 3.63) is 93.6 Å². The summed E-state index contributed by atoms with van der Waals surface area (Å²) in [7, 11) is 3.15. The molecule has 5 rings (SSSR count). The van der Waals surface area contributed by atoms with E-state index in [1.807, 2.05) is 55.5 Å². The molecule has 1 amide bonds. The van der Waals surface area contributed by atoms with Crippen LogP contribution in [0.25, 0.3) is 11.4 Å². The van der Waals surface area contributed by atoms with E-state index < -0.39 is 6.04 Å². The maximum absolute atomic E-state index is 13.6. The van der Waals surface area contributed by atoms with Crippen LogP contribution < -0.4 is 20.1 Å². The van der Waals surface area contributed by atoms with E-state index in [1.165, 1.54) is 0 Å². The van der Waals surface area contributed by atoms with Gasteiger partial charge in [0.2, 0.25) is 5.95 Å². The lowest BCUT2D eigenvalue weighted by Crippen LogP contribution is -2.31. The van der Waals surface area contributed by atoms with Crippen LogP contribution in [-0.4, -0.2) is 34.9 Å². The summed E-state index contributed by atoms with van der Waals surface area (Å²) in [6.07, 6.45) is 0. The van der Waals surface area contributed by atoms with E-state index >= 15 is 0 Å². The van der Waals surface area contributed by atoms with Gasteiger partial charge in [0.05, 0.1) is 29.8 Å². The van der Waals surface area contributed by atoms with Gasteiger partial charge in [-0.15, -0.1) is 5.10 Å². The van der Waals surface area contributed by atoms with Crippen LogP contribution in [0.3, 0.4) is 0 Å². The monoisotopic (exact) mass is 535 g/mol. The number of hydrogen-bond acceptors (Lipinski definition) is 6. The van der Waals surface area contributed by atoms with Crippen molar-refractivity contribution in [1.82, 2.24) is 14.8 Å². The maximum Gasteiger partial charge on any atom is 0.255 e. The SMILES string of the molecule is COc1cc(OC)cc(-c2nc3n(n2)C(c2cccc(Cl)c2Cl)C(C(=O)Nc2ccccc2)=C(C)N3)c1. The average Bonchev–Trinajstić information content (AvgIpc) is 3.33. The van der Waals surface area contributed by atoms with Crippen molar-refractivity contribution in [3.63, 3.8) is 0 Å². The first-order chi connectivity index (χ1) is 17.9. The number of aromatic nitrogens is 3. The molecular weight excluding hydrogens is 513 g/mol. The lowest BCUT2D eigenvalue weighted by molar-refractivity contribution is -0.113. The normalized spacial score (nSPS) is 14.6. The molecule has 3 aromatic carbocycles. The van der Waals surface area contributed by atoms with Gasteiger partial charge in [0, 0.05) is 28.6 Å². The molecule has 188 valence electrons. The number of nitrogens with zero attached hydrogens (tertiary/aromatic N) is 3. The van der Waals surface area contributed by atoms with E-state index in [0.717, 1.165) is 0 Å². The van der Waals surface area contributed by atoms with Gasteiger partial charge in [-0.25, -0.2) is 4.68 Å². The summed E-state index contributed by atoms with van der Waals surface area (Å²) in [5.74, 6) is 1.76. The van der Waals surface area contributed by atoms with Crippen molar-refractivity contribution < 1.29 is 14.3 Å². The molecule has 0 fully saturated rings. The summed E-state index contributed by atoms with van der Waals surface area (Å²) >= 11 is 13.1. The number of para-hydroxylation sites is 1. The van der Waals surface area contributed by atoms with Crippen LogP contribution in [0.1, 0.15) is 18.5 Å². The minimum absolute atomic E-state index is 0.303. The van der Waals surface area contributed by atoms with Crippen molar-refractivity contribution in [2.75, 3.05) is 24.9 Å². The fourth-order valence-corrected chi connectivity index (χ4v) is 4.65. The molecule has 1 unspecified atom stereocenters. The molecule has 2 heterocycles. The Morgan fingerprint density at radius 3 is 2.38 bits per heavy atom. The topological polar surface area (TPSA) is 90.3 Å². The molecular formula is C27H23Cl2N5O3. The highest BCUT2D eigenvalue weighted by Gasteiger charge is 2.36. The Kier molecular flexibility index (Phi) is 6.78. The molecule has 1 aliphatic heterocycles. The van der Waals surface area contributed by atoms with Crippen LogP contribution in [-0.2, 0) is 4.79 Å². The van der Waals surface area contributed by atoms with Gasteiger partial charge in [0.15, 0.2) is 5.82 Å². The molecule has 2 N–H and O–H groups in total. The average molecular weight is 536 g/mol. The predicted octanol–water partition coefficient (Wildman–Crippen LogP) is 6.20. The summed E-state index contributed by atoms with van der Waals surface area (Å²) in [4.78, 5) is 18.3. The fraction of sp³-hybridized carbons (Fsp3) is 0.148. The predicted molar refractivity (Wildman–Crippen MR) is 145 cm³/mol. The molecule has 0 spiro atoms. The van der Waals surface area contributed by atoms with Crippen LogP contribution in [0.4, 0.5) is 11.6 Å². The first-order valence-corrected chi connectivity index (χ1v) is 12.1. The van der Waals surface area contributed by atoms with Crippen LogP contribution in [0.5, 0.6) is 11.5 Å². The fourth-order valence-electron chi connectivity index (χ4n) is 4.24. The number of rotatable bonds is 6. The van der Waals surface area contributed by atoms with Crippen molar-refractivity contribution >= 4 is 40.7 Å². The molecule has 0 aliphatic carbocycles. The third-order valence-corrected chi connectivity index (χ3v) is 6.85. The highest BCUT2D eigenvalue weighted by atomic mass is 35.5. The second-order valence-corrected chi connectivity index (χ2v) is 9.12. The molecule has 10 heteroatoms. The van der Waals surface area contributed by atoms with Gasteiger partial charge in [0.25, 0.3) is 5.91 Å². The Labute approximate surface area is 223 Å². The third kappa shape index (κ3) is 4.73. The first-order valence-electron chi connectivity index (χ1n) is 11.4. The summed E-state index contributed by atoms with van der Waals surface area (Å²) in [5.41, 5.74) is 3.01. The van der Waals surface area contributed by atoms with Gasteiger partial charge in [0.1, 0.15) is 17.5 Å². The number of benzene rings is 3. The Morgan fingerprint density at radius 2 is 1.70 bits per heavy atom. The van der Waals surface area contributed by atoms with Crippen molar-refractivity contribution in [2.24, 2.45) is 0 Å². The van der Waals surface area contributed by atoms with Gasteiger partial charge < -0.3 is 20.1 Å². The molecule has 1 atom stereocenters. The number of anilines is 2. The molecule has 0 radical (unpaired) electrons. The number of hydrogen-bond donors (Lipinski definition) is 2.